The average molecular weight is 352 g/mol. The van der Waals surface area contributed by atoms with Crippen LogP contribution in [0.25, 0.3) is 6.08 Å². The zero-order valence-corrected chi connectivity index (χ0v) is 14.2. The molecule has 1 aliphatic heterocycles. The third-order valence-electron chi connectivity index (χ3n) is 3.85. The first-order valence-corrected chi connectivity index (χ1v) is 7.73. The molecule has 7 nitrogen and oxygen atoms in total. The van der Waals surface area contributed by atoms with Gasteiger partial charge in [-0.3, -0.25) is 14.9 Å². The Morgan fingerprint density at radius 1 is 0.962 bits per heavy atom. The summed E-state index contributed by atoms with van der Waals surface area (Å²) >= 11 is 0. The molecule has 132 valence electrons. The number of hydrogen-bond donors (Lipinski definition) is 1. The Morgan fingerprint density at radius 3 is 2.35 bits per heavy atom. The van der Waals surface area contributed by atoms with E-state index in [0.29, 0.717) is 22.7 Å². The van der Waals surface area contributed by atoms with Crippen LogP contribution in [0.2, 0.25) is 0 Å². The fraction of sp³-hybridized carbons (Fsp3) is 0.105. The maximum absolute atomic E-state index is 12.8. The third kappa shape index (κ3) is 3.14. The lowest BCUT2D eigenvalue weighted by atomic mass is 10.1. The number of nitrogens with one attached hydrogen (secondary N) is 1. The van der Waals surface area contributed by atoms with Gasteiger partial charge in [0, 0.05) is 5.56 Å². The van der Waals surface area contributed by atoms with Crippen molar-refractivity contribution in [2.45, 2.75) is 0 Å². The first-order valence-electron chi connectivity index (χ1n) is 7.73. The van der Waals surface area contributed by atoms with E-state index in [9.17, 15) is 14.4 Å². The third-order valence-corrected chi connectivity index (χ3v) is 3.85. The molecule has 0 saturated carbocycles. The summed E-state index contributed by atoms with van der Waals surface area (Å²) in [5, 5.41) is 2.18. The molecule has 0 spiro atoms. The van der Waals surface area contributed by atoms with Crippen molar-refractivity contribution in [1.82, 2.24) is 5.32 Å². The quantitative estimate of drug-likeness (QED) is 0.674. The summed E-state index contributed by atoms with van der Waals surface area (Å²) in [5.74, 6) is -0.480. The van der Waals surface area contributed by atoms with Crippen LogP contribution in [-0.2, 0) is 9.59 Å². The number of imide groups is 2. The van der Waals surface area contributed by atoms with Crippen LogP contribution >= 0.6 is 0 Å². The fourth-order valence-corrected chi connectivity index (χ4v) is 2.58. The van der Waals surface area contributed by atoms with E-state index < -0.39 is 17.8 Å². The number of amides is 4. The molecular weight excluding hydrogens is 336 g/mol. The van der Waals surface area contributed by atoms with E-state index in [-0.39, 0.29) is 5.57 Å². The predicted octanol–water partition coefficient (Wildman–Crippen LogP) is 2.37. The standard InChI is InChI=1S/C19H16N2O5/c1-25-14-8-9-16(26-2)12(10-14)11-15-17(22)20-19(24)21(18(15)23)13-6-4-3-5-7-13/h3-11H,1-2H3,(H,20,22,24)/b15-11+. The van der Waals surface area contributed by atoms with Gasteiger partial charge in [-0.1, -0.05) is 18.2 Å². The van der Waals surface area contributed by atoms with Gasteiger partial charge in [0.1, 0.15) is 17.1 Å². The maximum atomic E-state index is 12.8. The van der Waals surface area contributed by atoms with Crippen molar-refractivity contribution in [1.29, 1.82) is 0 Å². The molecule has 0 radical (unpaired) electrons. The van der Waals surface area contributed by atoms with E-state index in [1.54, 1.807) is 48.5 Å². The maximum Gasteiger partial charge on any atom is 0.335 e. The van der Waals surface area contributed by atoms with Crippen LogP contribution in [-0.4, -0.2) is 32.1 Å². The van der Waals surface area contributed by atoms with Gasteiger partial charge >= 0.3 is 6.03 Å². The van der Waals surface area contributed by atoms with E-state index >= 15 is 0 Å². The molecule has 0 aliphatic carbocycles. The Labute approximate surface area is 149 Å². The van der Waals surface area contributed by atoms with Crippen LogP contribution in [0.5, 0.6) is 11.5 Å². The number of carbonyl (C=O) groups is 3. The number of hydrogen-bond acceptors (Lipinski definition) is 5. The van der Waals surface area contributed by atoms with Crippen molar-refractivity contribution in [3.63, 3.8) is 0 Å². The van der Waals surface area contributed by atoms with Crippen molar-refractivity contribution >= 4 is 29.6 Å². The average Bonchev–Trinajstić information content (AvgIpc) is 2.65. The lowest BCUT2D eigenvalue weighted by Crippen LogP contribution is -2.54. The number of para-hydroxylation sites is 1. The molecule has 4 amide bonds. The molecule has 0 aromatic heterocycles. The van der Waals surface area contributed by atoms with Crippen molar-refractivity contribution in [3.8, 4) is 11.5 Å². The van der Waals surface area contributed by atoms with Crippen molar-refractivity contribution < 1.29 is 23.9 Å². The summed E-state index contributed by atoms with van der Waals surface area (Å²) in [7, 11) is 2.99. The highest BCUT2D eigenvalue weighted by Crippen LogP contribution is 2.28. The number of urea groups is 1. The molecule has 3 rings (SSSR count). The molecule has 0 atom stereocenters. The topological polar surface area (TPSA) is 84.9 Å². The van der Waals surface area contributed by atoms with E-state index in [1.165, 1.54) is 20.3 Å². The van der Waals surface area contributed by atoms with Crippen LogP contribution in [0.3, 0.4) is 0 Å². The number of anilines is 1. The highest BCUT2D eigenvalue weighted by atomic mass is 16.5. The molecule has 0 unspecified atom stereocenters. The van der Waals surface area contributed by atoms with Gasteiger partial charge in [0.15, 0.2) is 0 Å². The Balaban J connectivity index is 2.06. The zero-order chi connectivity index (χ0) is 18.7. The number of barbiturate groups is 1. The number of benzene rings is 2. The van der Waals surface area contributed by atoms with Gasteiger partial charge in [-0.25, -0.2) is 9.69 Å². The number of carbonyl (C=O) groups excluding carboxylic acids is 3. The Hall–Kier alpha value is -3.61. The summed E-state index contributed by atoms with van der Waals surface area (Å²) in [6.45, 7) is 0. The predicted molar refractivity (Wildman–Crippen MR) is 95.0 cm³/mol. The minimum Gasteiger partial charge on any atom is -0.497 e. The Bertz CT molecular complexity index is 905. The first-order chi connectivity index (χ1) is 12.5. The molecule has 2 aromatic rings. The van der Waals surface area contributed by atoms with Crippen molar-refractivity contribution in [3.05, 3.63) is 59.7 Å². The smallest absolute Gasteiger partial charge is 0.335 e. The van der Waals surface area contributed by atoms with E-state index in [0.717, 1.165) is 4.90 Å². The second-order valence-corrected chi connectivity index (χ2v) is 5.40. The number of methoxy groups -OCH3 is 2. The van der Waals surface area contributed by atoms with E-state index in [1.807, 2.05) is 0 Å². The van der Waals surface area contributed by atoms with Crippen LogP contribution < -0.4 is 19.7 Å². The number of rotatable bonds is 4. The number of ether oxygens (including phenoxy) is 2. The lowest BCUT2D eigenvalue weighted by molar-refractivity contribution is -0.122. The molecule has 26 heavy (non-hydrogen) atoms. The molecule has 1 heterocycles. The summed E-state index contributed by atoms with van der Waals surface area (Å²) in [5.41, 5.74) is 0.665. The molecule has 1 fully saturated rings. The van der Waals surface area contributed by atoms with Crippen LogP contribution in [0.1, 0.15) is 5.56 Å². The highest BCUT2D eigenvalue weighted by Gasteiger charge is 2.36. The summed E-state index contributed by atoms with van der Waals surface area (Å²) < 4.78 is 10.4. The van der Waals surface area contributed by atoms with Crippen LogP contribution in [0.4, 0.5) is 10.5 Å². The van der Waals surface area contributed by atoms with Crippen molar-refractivity contribution in [2.75, 3.05) is 19.1 Å². The Kier molecular flexibility index (Phi) is 4.70. The van der Waals surface area contributed by atoms with E-state index in [2.05, 4.69) is 5.32 Å². The molecular formula is C19H16N2O5. The fourth-order valence-electron chi connectivity index (χ4n) is 2.58. The van der Waals surface area contributed by atoms with Gasteiger partial charge in [0.05, 0.1) is 19.9 Å². The van der Waals surface area contributed by atoms with Gasteiger partial charge < -0.3 is 9.47 Å². The van der Waals surface area contributed by atoms with Crippen LogP contribution in [0.15, 0.2) is 54.1 Å². The van der Waals surface area contributed by atoms with Gasteiger partial charge in [-0.2, -0.15) is 0 Å². The normalized spacial score (nSPS) is 15.8. The van der Waals surface area contributed by atoms with Gasteiger partial charge in [-0.05, 0) is 36.4 Å². The lowest BCUT2D eigenvalue weighted by Gasteiger charge is -2.26. The van der Waals surface area contributed by atoms with Gasteiger partial charge in [0.2, 0.25) is 0 Å². The zero-order valence-electron chi connectivity index (χ0n) is 14.2. The highest BCUT2D eigenvalue weighted by molar-refractivity contribution is 6.39. The second kappa shape index (κ2) is 7.10. The SMILES string of the molecule is COc1ccc(OC)c(/C=C2\C(=O)NC(=O)N(c3ccccc3)C2=O)c1. The molecule has 1 saturated heterocycles. The summed E-state index contributed by atoms with van der Waals surface area (Å²) in [4.78, 5) is 38.1. The minimum absolute atomic E-state index is 0.181. The molecule has 0 bridgehead atoms. The second-order valence-electron chi connectivity index (χ2n) is 5.40. The van der Waals surface area contributed by atoms with Crippen LogP contribution in [0, 0.1) is 0 Å². The monoisotopic (exact) mass is 352 g/mol. The first kappa shape index (κ1) is 17.2. The molecule has 1 N–H and O–H groups in total. The summed E-state index contributed by atoms with van der Waals surface area (Å²) in [6, 6.07) is 12.6. The van der Waals surface area contributed by atoms with Gasteiger partial charge in [0.25, 0.3) is 11.8 Å². The molecule has 2 aromatic carbocycles. The number of nitrogens with zero attached hydrogens (tertiary/aromatic N) is 1. The Morgan fingerprint density at radius 2 is 1.69 bits per heavy atom. The molecule has 1 aliphatic rings. The molecule has 7 heteroatoms. The van der Waals surface area contributed by atoms with E-state index in [4.69, 9.17) is 9.47 Å². The van der Waals surface area contributed by atoms with Crippen molar-refractivity contribution in [2.24, 2.45) is 0 Å². The van der Waals surface area contributed by atoms with Gasteiger partial charge in [-0.15, -0.1) is 0 Å². The minimum atomic E-state index is -0.791. The summed E-state index contributed by atoms with van der Waals surface area (Å²) in [6.07, 6.45) is 1.38. The largest absolute Gasteiger partial charge is 0.497 e.